The minimum absolute atomic E-state index is 0.499. The van der Waals surface area contributed by atoms with Crippen molar-refractivity contribution in [2.45, 2.75) is 0 Å². The summed E-state index contributed by atoms with van der Waals surface area (Å²) in [5, 5.41) is 0. The molecule has 9 nitrogen and oxygen atoms in total. The molecule has 0 saturated carbocycles. The molecular formula is C48H31N9. The van der Waals surface area contributed by atoms with E-state index < -0.39 is 0 Å². The molecule has 4 heterocycles. The minimum atomic E-state index is 0.499. The first-order valence-electron chi connectivity index (χ1n) is 18.5. The van der Waals surface area contributed by atoms with Crippen LogP contribution in [0, 0.1) is 0 Å². The molecule has 0 bridgehead atoms. The van der Waals surface area contributed by atoms with Crippen LogP contribution in [-0.4, -0.2) is 44.4 Å². The predicted octanol–water partition coefficient (Wildman–Crippen LogP) is 10.5. The summed E-state index contributed by atoms with van der Waals surface area (Å²) in [5.41, 5.74) is 8.48. The van der Waals surface area contributed by atoms with Crippen LogP contribution in [0.3, 0.4) is 0 Å². The van der Waals surface area contributed by atoms with Gasteiger partial charge in [-0.25, -0.2) is 34.9 Å². The first-order valence-corrected chi connectivity index (χ1v) is 18.5. The van der Waals surface area contributed by atoms with Crippen LogP contribution in [0.25, 0.3) is 96.4 Å². The number of benzene rings is 6. The van der Waals surface area contributed by atoms with Crippen molar-refractivity contribution in [1.29, 1.82) is 0 Å². The fraction of sp³-hybridized carbons (Fsp3) is 0. The van der Waals surface area contributed by atoms with Gasteiger partial charge >= 0.3 is 0 Å². The maximum Gasteiger partial charge on any atom is 0.164 e. The average Bonchev–Trinajstić information content (AvgIpc) is 3.70. The van der Waals surface area contributed by atoms with Gasteiger partial charge < -0.3 is 0 Å². The van der Waals surface area contributed by atoms with E-state index in [4.69, 9.17) is 34.9 Å². The van der Waals surface area contributed by atoms with Crippen molar-refractivity contribution >= 4 is 11.0 Å². The number of hydrogen-bond acceptors (Lipinski definition) is 8. The van der Waals surface area contributed by atoms with Gasteiger partial charge in [0.2, 0.25) is 0 Å². The molecular weight excluding hydrogens is 703 g/mol. The molecule has 57 heavy (non-hydrogen) atoms. The molecule has 0 fully saturated rings. The Balaban J connectivity index is 1.27. The highest BCUT2D eigenvalue weighted by Gasteiger charge is 2.21. The monoisotopic (exact) mass is 733 g/mol. The van der Waals surface area contributed by atoms with Gasteiger partial charge in [-0.1, -0.05) is 133 Å². The van der Waals surface area contributed by atoms with Crippen molar-refractivity contribution in [2.24, 2.45) is 0 Å². The molecule has 0 aliphatic heterocycles. The molecule has 0 aliphatic rings. The zero-order chi connectivity index (χ0) is 38.0. The summed E-state index contributed by atoms with van der Waals surface area (Å²) in [6.45, 7) is 0. The minimum Gasteiger partial charge on any atom is -0.292 e. The fourth-order valence-corrected chi connectivity index (χ4v) is 6.85. The highest BCUT2D eigenvalue weighted by atomic mass is 15.1. The third-order valence-electron chi connectivity index (χ3n) is 9.57. The van der Waals surface area contributed by atoms with Gasteiger partial charge in [0.1, 0.15) is 5.82 Å². The lowest BCUT2D eigenvalue weighted by Gasteiger charge is -2.15. The molecule has 6 aromatic carbocycles. The number of para-hydroxylation sites is 2. The van der Waals surface area contributed by atoms with E-state index in [2.05, 4.69) is 27.8 Å². The molecule has 0 saturated heterocycles. The smallest absolute Gasteiger partial charge is 0.164 e. The average molecular weight is 734 g/mol. The van der Waals surface area contributed by atoms with Gasteiger partial charge in [0.15, 0.2) is 34.9 Å². The van der Waals surface area contributed by atoms with Crippen LogP contribution in [-0.2, 0) is 0 Å². The Labute approximate surface area is 328 Å². The summed E-state index contributed by atoms with van der Waals surface area (Å²) >= 11 is 0. The van der Waals surface area contributed by atoms with E-state index >= 15 is 0 Å². The highest BCUT2D eigenvalue weighted by molar-refractivity contribution is 5.85. The second-order valence-corrected chi connectivity index (χ2v) is 13.3. The Morgan fingerprint density at radius 3 is 1.12 bits per heavy atom. The molecule has 10 aromatic rings. The molecule has 0 spiro atoms. The molecule has 10 rings (SSSR count). The topological polar surface area (TPSA) is 108 Å². The Bertz CT molecular complexity index is 2730. The second-order valence-electron chi connectivity index (χ2n) is 13.3. The lowest BCUT2D eigenvalue weighted by molar-refractivity contribution is 1.06. The van der Waals surface area contributed by atoms with E-state index in [9.17, 15) is 0 Å². The van der Waals surface area contributed by atoms with Crippen LogP contribution >= 0.6 is 0 Å². The van der Waals surface area contributed by atoms with Crippen LogP contribution in [0.1, 0.15) is 0 Å². The Kier molecular flexibility index (Phi) is 8.62. The zero-order valence-electron chi connectivity index (χ0n) is 30.4. The van der Waals surface area contributed by atoms with Crippen LogP contribution < -0.4 is 0 Å². The normalized spacial score (nSPS) is 11.2. The van der Waals surface area contributed by atoms with Gasteiger partial charge in [-0.15, -0.1) is 0 Å². The third kappa shape index (κ3) is 6.70. The van der Waals surface area contributed by atoms with Crippen LogP contribution in [0.15, 0.2) is 188 Å². The quantitative estimate of drug-likeness (QED) is 0.152. The summed E-state index contributed by atoms with van der Waals surface area (Å²) < 4.78 is 2.15. The van der Waals surface area contributed by atoms with Crippen molar-refractivity contribution in [3.05, 3.63) is 188 Å². The molecule has 0 N–H and O–H groups in total. The Hall–Kier alpha value is -8.04. The number of hydrogen-bond donors (Lipinski definition) is 0. The summed E-state index contributed by atoms with van der Waals surface area (Å²) in [7, 11) is 0. The van der Waals surface area contributed by atoms with Crippen LogP contribution in [0.4, 0.5) is 0 Å². The second kappa shape index (κ2) is 14.7. The summed E-state index contributed by atoms with van der Waals surface area (Å²) in [4.78, 5) is 40.0. The predicted molar refractivity (Wildman–Crippen MR) is 224 cm³/mol. The number of rotatable bonds is 8. The number of aromatic nitrogens is 9. The third-order valence-corrected chi connectivity index (χ3v) is 9.57. The van der Waals surface area contributed by atoms with Gasteiger partial charge in [-0.3, -0.25) is 9.55 Å². The first kappa shape index (κ1) is 33.5. The largest absolute Gasteiger partial charge is 0.292 e. The molecule has 0 unspecified atom stereocenters. The molecule has 4 aromatic heterocycles. The fourth-order valence-electron chi connectivity index (χ4n) is 6.85. The van der Waals surface area contributed by atoms with E-state index in [1.807, 2.05) is 164 Å². The maximum atomic E-state index is 5.12. The summed E-state index contributed by atoms with van der Waals surface area (Å²) in [6.07, 6.45) is 3.59. The molecule has 0 aliphatic carbocycles. The number of imidazole rings is 1. The van der Waals surface area contributed by atoms with Crippen molar-refractivity contribution in [2.75, 3.05) is 0 Å². The lowest BCUT2D eigenvalue weighted by atomic mass is 10.1. The van der Waals surface area contributed by atoms with Gasteiger partial charge in [-0.2, -0.15) is 0 Å². The molecule has 0 atom stereocenters. The van der Waals surface area contributed by atoms with Gasteiger partial charge in [0, 0.05) is 57.0 Å². The van der Waals surface area contributed by atoms with Crippen molar-refractivity contribution in [3.8, 4) is 85.4 Å². The Morgan fingerprint density at radius 1 is 0.316 bits per heavy atom. The molecule has 268 valence electrons. The molecule has 0 amide bonds. The van der Waals surface area contributed by atoms with E-state index in [1.165, 1.54) is 0 Å². The standard InChI is InChI=1S/C48H31N9/c1-5-16-32(17-6-1)42-51-43(33-18-7-2-8-19-33)54-46(53-42)37-28-38(47-55-44(34-20-9-3-10-21-34)52-45(56-47)35-22-11-4-12-23-35)30-39(29-37)57-41-26-14-13-25-40(41)50-48(57)36-24-15-27-49-31-36/h1-31H. The van der Waals surface area contributed by atoms with Gasteiger partial charge in [0.05, 0.1) is 11.0 Å². The van der Waals surface area contributed by atoms with E-state index in [0.717, 1.165) is 61.5 Å². The van der Waals surface area contributed by atoms with Crippen molar-refractivity contribution in [3.63, 3.8) is 0 Å². The lowest BCUT2D eigenvalue weighted by Crippen LogP contribution is -2.04. The van der Waals surface area contributed by atoms with Crippen molar-refractivity contribution < 1.29 is 0 Å². The van der Waals surface area contributed by atoms with Crippen LogP contribution in [0.2, 0.25) is 0 Å². The van der Waals surface area contributed by atoms with Crippen LogP contribution in [0.5, 0.6) is 0 Å². The molecule has 0 radical (unpaired) electrons. The number of nitrogens with zero attached hydrogens (tertiary/aromatic N) is 9. The van der Waals surface area contributed by atoms with Gasteiger partial charge in [-0.05, 0) is 42.5 Å². The maximum absolute atomic E-state index is 5.12. The SMILES string of the molecule is c1ccc(-c2nc(-c3ccccc3)nc(-c3cc(-c4nc(-c5ccccc5)nc(-c5ccccc5)n4)cc(-n4c(-c5cccnc5)nc5ccccc54)c3)n2)cc1. The highest BCUT2D eigenvalue weighted by Crippen LogP contribution is 2.35. The number of fused-ring (bicyclic) bond motifs is 1. The first-order chi connectivity index (χ1) is 28.2. The van der Waals surface area contributed by atoms with E-state index in [1.54, 1.807) is 6.20 Å². The van der Waals surface area contributed by atoms with Gasteiger partial charge in [0.25, 0.3) is 0 Å². The summed E-state index contributed by atoms with van der Waals surface area (Å²) in [5.74, 6) is 3.99. The van der Waals surface area contributed by atoms with Crippen molar-refractivity contribution in [1.82, 2.24) is 44.4 Å². The Morgan fingerprint density at radius 2 is 0.702 bits per heavy atom. The molecule has 9 heteroatoms. The number of pyridine rings is 1. The van der Waals surface area contributed by atoms with E-state index in [-0.39, 0.29) is 0 Å². The zero-order valence-corrected chi connectivity index (χ0v) is 30.4. The summed E-state index contributed by atoms with van der Waals surface area (Å²) in [6, 6.07) is 58.2. The van der Waals surface area contributed by atoms with E-state index in [0.29, 0.717) is 34.9 Å².